The largest absolute Gasteiger partial charge is 0.354 e. The second-order valence-electron chi connectivity index (χ2n) is 5.35. The van der Waals surface area contributed by atoms with E-state index in [1.165, 1.54) is 5.56 Å². The van der Waals surface area contributed by atoms with Gasteiger partial charge in [-0.1, -0.05) is 30.3 Å². The van der Waals surface area contributed by atoms with Crippen LogP contribution in [-0.4, -0.2) is 30.4 Å². The highest BCUT2D eigenvalue weighted by atomic mass is 16.2. The lowest BCUT2D eigenvalue weighted by molar-refractivity contribution is -0.123. The van der Waals surface area contributed by atoms with E-state index in [9.17, 15) is 14.4 Å². The first-order valence-electron chi connectivity index (χ1n) is 7.57. The molecule has 6 nitrogen and oxygen atoms in total. The Hall–Kier alpha value is -2.37. The van der Waals surface area contributed by atoms with E-state index >= 15 is 0 Å². The summed E-state index contributed by atoms with van der Waals surface area (Å²) >= 11 is 0. The third kappa shape index (κ3) is 5.20. The summed E-state index contributed by atoms with van der Waals surface area (Å²) in [5.41, 5.74) is 1.29. The fourth-order valence-corrected chi connectivity index (χ4v) is 2.36. The molecule has 3 N–H and O–H groups in total. The molecule has 0 radical (unpaired) electrons. The number of nitrogens with one attached hydrogen (secondary N) is 3. The summed E-state index contributed by atoms with van der Waals surface area (Å²) < 4.78 is 0. The van der Waals surface area contributed by atoms with Gasteiger partial charge in [0, 0.05) is 13.0 Å². The van der Waals surface area contributed by atoms with Gasteiger partial charge < -0.3 is 10.6 Å². The van der Waals surface area contributed by atoms with Gasteiger partial charge in [-0.05, 0) is 31.2 Å². The molecule has 1 aromatic rings. The molecule has 1 saturated heterocycles. The quantitative estimate of drug-likeness (QED) is 0.688. The Bertz CT molecular complexity index is 531. The molecule has 22 heavy (non-hydrogen) atoms. The average Bonchev–Trinajstić information content (AvgIpc) is 2.68. The third-order valence-electron chi connectivity index (χ3n) is 3.57. The molecule has 1 aliphatic heterocycles. The Morgan fingerprint density at radius 1 is 1.18 bits per heavy atom. The van der Waals surface area contributed by atoms with E-state index in [4.69, 9.17) is 0 Å². The summed E-state index contributed by atoms with van der Waals surface area (Å²) in [6.07, 6.45) is 3.34. The summed E-state index contributed by atoms with van der Waals surface area (Å²) in [7, 11) is 0. The standard InChI is InChI=1S/C16H21N3O3/c20-14-10-9-13(18-16(22)19-14)15(21)17-11-5-4-8-12-6-2-1-3-7-12/h1-3,6-7,13H,4-5,8-11H2,(H,17,21)(H2,18,19,20,22)/t13-/m0/s1. The van der Waals surface area contributed by atoms with Gasteiger partial charge in [0.05, 0.1) is 0 Å². The molecule has 1 aromatic carbocycles. The number of benzene rings is 1. The van der Waals surface area contributed by atoms with Crippen molar-refractivity contribution in [2.75, 3.05) is 6.54 Å². The fraction of sp³-hybridized carbons (Fsp3) is 0.438. The molecule has 0 aromatic heterocycles. The number of rotatable bonds is 6. The lowest BCUT2D eigenvalue weighted by atomic mass is 10.1. The molecule has 0 saturated carbocycles. The van der Waals surface area contributed by atoms with E-state index in [1.54, 1.807) is 0 Å². The lowest BCUT2D eigenvalue weighted by Crippen LogP contribution is -2.48. The van der Waals surface area contributed by atoms with E-state index in [2.05, 4.69) is 28.1 Å². The van der Waals surface area contributed by atoms with Gasteiger partial charge in [0.2, 0.25) is 11.8 Å². The molecule has 6 heteroatoms. The van der Waals surface area contributed by atoms with Gasteiger partial charge in [-0.3, -0.25) is 14.9 Å². The topological polar surface area (TPSA) is 87.3 Å². The summed E-state index contributed by atoms with van der Waals surface area (Å²) in [4.78, 5) is 34.5. The summed E-state index contributed by atoms with van der Waals surface area (Å²) in [6.45, 7) is 0.569. The van der Waals surface area contributed by atoms with E-state index in [0.717, 1.165) is 19.3 Å². The Morgan fingerprint density at radius 3 is 2.73 bits per heavy atom. The number of amides is 4. The molecule has 118 valence electrons. The van der Waals surface area contributed by atoms with Crippen molar-refractivity contribution in [3.63, 3.8) is 0 Å². The van der Waals surface area contributed by atoms with E-state index in [0.29, 0.717) is 13.0 Å². The summed E-state index contributed by atoms with van der Waals surface area (Å²) in [6, 6.07) is 8.95. The SMILES string of the molecule is O=C1CC[C@@H](C(=O)NCCCCc2ccccc2)NC(=O)N1. The van der Waals surface area contributed by atoms with Crippen molar-refractivity contribution >= 4 is 17.8 Å². The minimum absolute atomic E-state index is 0.171. The van der Waals surface area contributed by atoms with Crippen LogP contribution in [0, 0.1) is 0 Å². The van der Waals surface area contributed by atoms with Crippen molar-refractivity contribution < 1.29 is 14.4 Å². The molecule has 4 amide bonds. The Balaban J connectivity index is 1.65. The van der Waals surface area contributed by atoms with Gasteiger partial charge >= 0.3 is 6.03 Å². The summed E-state index contributed by atoms with van der Waals surface area (Å²) in [5.74, 6) is -0.583. The minimum atomic E-state index is -0.638. The first kappa shape index (κ1) is 16.0. The normalized spacial score (nSPS) is 18.1. The average molecular weight is 303 g/mol. The Labute approximate surface area is 129 Å². The molecule has 0 bridgehead atoms. The van der Waals surface area contributed by atoms with Crippen LogP contribution in [0.5, 0.6) is 0 Å². The molecule has 1 heterocycles. The summed E-state index contributed by atoms with van der Waals surface area (Å²) in [5, 5.41) is 7.45. The monoisotopic (exact) mass is 303 g/mol. The van der Waals surface area contributed by atoms with Crippen molar-refractivity contribution in [3.05, 3.63) is 35.9 Å². The molecule has 0 aliphatic carbocycles. The number of carbonyl (C=O) groups excluding carboxylic acids is 3. The number of hydrogen-bond donors (Lipinski definition) is 3. The molecular formula is C16H21N3O3. The van der Waals surface area contributed by atoms with E-state index < -0.39 is 12.1 Å². The first-order chi connectivity index (χ1) is 10.6. The second kappa shape index (κ2) is 8.17. The van der Waals surface area contributed by atoms with Crippen molar-refractivity contribution in [1.82, 2.24) is 16.0 Å². The Kier molecular flexibility index (Phi) is 5.94. The second-order valence-corrected chi connectivity index (χ2v) is 5.35. The number of aryl methyl sites for hydroxylation is 1. The van der Waals surface area contributed by atoms with Crippen LogP contribution in [0.15, 0.2) is 30.3 Å². The third-order valence-corrected chi connectivity index (χ3v) is 3.57. The van der Waals surface area contributed by atoms with Crippen LogP contribution >= 0.6 is 0 Å². The molecule has 0 spiro atoms. The van der Waals surface area contributed by atoms with E-state index in [-0.39, 0.29) is 18.2 Å². The lowest BCUT2D eigenvalue weighted by Gasteiger charge is -2.14. The highest BCUT2D eigenvalue weighted by Gasteiger charge is 2.25. The van der Waals surface area contributed by atoms with Crippen LogP contribution in [0.25, 0.3) is 0 Å². The highest BCUT2D eigenvalue weighted by molar-refractivity contribution is 5.98. The van der Waals surface area contributed by atoms with Crippen LogP contribution in [0.3, 0.4) is 0 Å². The minimum Gasteiger partial charge on any atom is -0.354 e. The van der Waals surface area contributed by atoms with Crippen molar-refractivity contribution in [2.45, 2.75) is 38.1 Å². The number of carbonyl (C=O) groups is 3. The van der Waals surface area contributed by atoms with Gasteiger partial charge in [0.25, 0.3) is 0 Å². The highest BCUT2D eigenvalue weighted by Crippen LogP contribution is 2.05. The predicted molar refractivity (Wildman–Crippen MR) is 82.1 cm³/mol. The van der Waals surface area contributed by atoms with Crippen LogP contribution in [-0.2, 0) is 16.0 Å². The molecule has 1 atom stereocenters. The van der Waals surface area contributed by atoms with Gasteiger partial charge in [0.15, 0.2) is 0 Å². The number of imide groups is 1. The zero-order valence-corrected chi connectivity index (χ0v) is 12.4. The fourth-order valence-electron chi connectivity index (χ4n) is 2.36. The number of unbranched alkanes of at least 4 members (excludes halogenated alkanes) is 1. The molecule has 0 unspecified atom stereocenters. The number of urea groups is 1. The van der Waals surface area contributed by atoms with Crippen molar-refractivity contribution in [3.8, 4) is 0 Å². The smallest absolute Gasteiger partial charge is 0.322 e. The molecule has 2 rings (SSSR count). The zero-order valence-electron chi connectivity index (χ0n) is 12.4. The van der Waals surface area contributed by atoms with Crippen LogP contribution in [0.1, 0.15) is 31.2 Å². The van der Waals surface area contributed by atoms with Crippen LogP contribution < -0.4 is 16.0 Å². The maximum atomic E-state index is 12.0. The van der Waals surface area contributed by atoms with Crippen molar-refractivity contribution in [2.24, 2.45) is 0 Å². The van der Waals surface area contributed by atoms with Gasteiger partial charge in [-0.15, -0.1) is 0 Å². The maximum Gasteiger partial charge on any atom is 0.322 e. The first-order valence-corrected chi connectivity index (χ1v) is 7.57. The van der Waals surface area contributed by atoms with Gasteiger partial charge in [0.1, 0.15) is 6.04 Å². The number of hydrogen-bond acceptors (Lipinski definition) is 3. The van der Waals surface area contributed by atoms with E-state index in [1.807, 2.05) is 18.2 Å². The van der Waals surface area contributed by atoms with Gasteiger partial charge in [-0.2, -0.15) is 0 Å². The molecular weight excluding hydrogens is 282 g/mol. The van der Waals surface area contributed by atoms with Crippen LogP contribution in [0.4, 0.5) is 4.79 Å². The zero-order chi connectivity index (χ0) is 15.8. The van der Waals surface area contributed by atoms with Crippen LogP contribution in [0.2, 0.25) is 0 Å². The maximum absolute atomic E-state index is 12.0. The van der Waals surface area contributed by atoms with Gasteiger partial charge in [-0.25, -0.2) is 4.79 Å². The molecule has 1 aliphatic rings. The Morgan fingerprint density at radius 2 is 1.95 bits per heavy atom. The van der Waals surface area contributed by atoms with Crippen molar-refractivity contribution in [1.29, 1.82) is 0 Å². The molecule has 1 fully saturated rings. The predicted octanol–water partition coefficient (Wildman–Crippen LogP) is 1.11.